The number of benzene rings is 2. The third-order valence-corrected chi connectivity index (χ3v) is 7.47. The van der Waals surface area contributed by atoms with Gasteiger partial charge in [-0.25, -0.2) is 14.6 Å². The van der Waals surface area contributed by atoms with Crippen LogP contribution in [0.5, 0.6) is 0 Å². The second-order valence-electron chi connectivity index (χ2n) is 11.0. The van der Waals surface area contributed by atoms with Crippen molar-refractivity contribution < 1.29 is 23.9 Å². The van der Waals surface area contributed by atoms with Crippen LogP contribution in [0.2, 0.25) is 10.0 Å². The summed E-state index contributed by atoms with van der Waals surface area (Å²) in [4.78, 5) is 43.5. The number of hydrogen-bond donors (Lipinski definition) is 2. The van der Waals surface area contributed by atoms with Crippen molar-refractivity contribution >= 4 is 52.1 Å². The van der Waals surface area contributed by atoms with Gasteiger partial charge in [-0.05, 0) is 69.5 Å². The SMILES string of the molecule is COC(=O)C(Cc1ccc2nc(-c3c(Cl)cccc3Cl)ccc2c1)NC(=O)C1(NC(=O)OC(C)(C)C)CCCC1. The Morgan fingerprint density at radius 3 is 2.33 bits per heavy atom. The molecule has 0 aliphatic heterocycles. The monoisotopic (exact) mass is 585 g/mol. The predicted molar refractivity (Wildman–Crippen MR) is 155 cm³/mol. The molecule has 1 aliphatic rings. The molecule has 1 saturated carbocycles. The normalized spacial score (nSPS) is 15.3. The molecule has 8 nitrogen and oxygen atoms in total. The Morgan fingerprint density at radius 1 is 1.02 bits per heavy atom. The van der Waals surface area contributed by atoms with E-state index in [-0.39, 0.29) is 6.42 Å². The Hall–Kier alpha value is -3.36. The van der Waals surface area contributed by atoms with Crippen molar-refractivity contribution in [2.75, 3.05) is 7.11 Å². The van der Waals surface area contributed by atoms with Crippen LogP contribution in [0.3, 0.4) is 0 Å². The van der Waals surface area contributed by atoms with Crippen molar-refractivity contribution in [2.45, 2.75) is 70.1 Å². The Balaban J connectivity index is 1.54. The lowest BCUT2D eigenvalue weighted by Gasteiger charge is -2.32. The highest BCUT2D eigenvalue weighted by Crippen LogP contribution is 2.34. The zero-order chi connectivity index (χ0) is 29.1. The summed E-state index contributed by atoms with van der Waals surface area (Å²) in [6.07, 6.45) is 1.96. The first-order valence-electron chi connectivity index (χ1n) is 13.1. The van der Waals surface area contributed by atoms with Gasteiger partial charge in [-0.15, -0.1) is 0 Å². The van der Waals surface area contributed by atoms with Crippen LogP contribution in [-0.4, -0.2) is 47.2 Å². The topological polar surface area (TPSA) is 107 Å². The summed E-state index contributed by atoms with van der Waals surface area (Å²) in [5.74, 6) is -1.02. The van der Waals surface area contributed by atoms with Crippen molar-refractivity contribution in [1.29, 1.82) is 0 Å². The molecule has 10 heteroatoms. The molecule has 0 saturated heterocycles. The summed E-state index contributed by atoms with van der Waals surface area (Å²) in [5, 5.41) is 7.46. The van der Waals surface area contributed by atoms with Crippen LogP contribution in [0.4, 0.5) is 4.79 Å². The van der Waals surface area contributed by atoms with Gasteiger partial charge in [-0.1, -0.05) is 54.2 Å². The predicted octanol–water partition coefficient (Wildman–Crippen LogP) is 6.25. The fourth-order valence-electron chi connectivity index (χ4n) is 4.94. The zero-order valence-electron chi connectivity index (χ0n) is 23.0. The molecule has 0 spiro atoms. The summed E-state index contributed by atoms with van der Waals surface area (Å²) in [6.45, 7) is 5.27. The molecule has 212 valence electrons. The maximum absolute atomic E-state index is 13.5. The number of rotatable bonds is 7. The van der Waals surface area contributed by atoms with Crippen molar-refractivity contribution in [2.24, 2.45) is 0 Å². The lowest BCUT2D eigenvalue weighted by Crippen LogP contribution is -2.60. The van der Waals surface area contributed by atoms with E-state index in [1.165, 1.54) is 7.11 Å². The van der Waals surface area contributed by atoms with E-state index < -0.39 is 35.2 Å². The largest absolute Gasteiger partial charge is 0.467 e. The molecule has 2 N–H and O–H groups in total. The van der Waals surface area contributed by atoms with E-state index in [2.05, 4.69) is 10.6 Å². The lowest BCUT2D eigenvalue weighted by molar-refractivity contribution is -0.145. The fraction of sp³-hybridized carbons (Fsp3) is 0.400. The highest BCUT2D eigenvalue weighted by Gasteiger charge is 2.44. The number of carbonyl (C=O) groups is 3. The van der Waals surface area contributed by atoms with Gasteiger partial charge in [0.25, 0.3) is 0 Å². The first-order chi connectivity index (χ1) is 18.9. The van der Waals surface area contributed by atoms with Crippen LogP contribution in [-0.2, 0) is 25.5 Å². The number of methoxy groups -OCH3 is 1. The summed E-state index contributed by atoms with van der Waals surface area (Å²) in [6, 6.07) is 13.7. The third kappa shape index (κ3) is 6.85. The van der Waals surface area contributed by atoms with Crippen molar-refractivity contribution in [1.82, 2.24) is 15.6 Å². The minimum absolute atomic E-state index is 0.189. The average molecular weight is 587 g/mol. The van der Waals surface area contributed by atoms with Gasteiger partial charge in [-0.2, -0.15) is 0 Å². The first kappa shape index (κ1) is 29.6. The van der Waals surface area contributed by atoms with Crippen molar-refractivity contribution in [3.05, 3.63) is 64.1 Å². The van der Waals surface area contributed by atoms with Gasteiger partial charge in [-0.3, -0.25) is 4.79 Å². The molecular weight excluding hydrogens is 553 g/mol. The molecule has 40 heavy (non-hydrogen) atoms. The maximum atomic E-state index is 13.5. The minimum atomic E-state index is -1.15. The smallest absolute Gasteiger partial charge is 0.408 e. The highest BCUT2D eigenvalue weighted by atomic mass is 35.5. The molecule has 0 bridgehead atoms. The highest BCUT2D eigenvalue weighted by molar-refractivity contribution is 6.39. The number of fused-ring (bicyclic) bond motifs is 1. The molecule has 1 atom stereocenters. The van der Waals surface area contributed by atoms with Crippen molar-refractivity contribution in [3.8, 4) is 11.3 Å². The number of alkyl carbamates (subject to hydrolysis) is 1. The Bertz CT molecular complexity index is 1410. The number of pyridine rings is 1. The van der Waals surface area contributed by atoms with Gasteiger partial charge >= 0.3 is 12.1 Å². The first-order valence-corrected chi connectivity index (χ1v) is 13.9. The fourth-order valence-corrected chi connectivity index (χ4v) is 5.53. The number of amides is 2. The third-order valence-electron chi connectivity index (χ3n) is 6.84. The molecule has 2 amide bonds. The van der Waals surface area contributed by atoms with Gasteiger partial charge in [0.1, 0.15) is 17.2 Å². The molecule has 3 aromatic rings. The van der Waals surface area contributed by atoms with Crippen LogP contribution in [0.25, 0.3) is 22.2 Å². The van der Waals surface area contributed by atoms with Crippen LogP contribution in [0, 0.1) is 0 Å². The standard InChI is InChI=1S/C30H33Cl2N3O5/c1-29(2,3)40-28(38)35-30(14-5-6-15-30)27(37)34-24(26(36)39-4)17-18-10-12-22-19(16-18)11-13-23(33-22)25-20(31)8-7-9-21(25)32/h7-13,16,24H,5-6,14-15,17H2,1-4H3,(H,34,37)(H,35,38). The summed E-state index contributed by atoms with van der Waals surface area (Å²) >= 11 is 12.7. The van der Waals surface area contributed by atoms with Crippen molar-refractivity contribution in [3.63, 3.8) is 0 Å². The number of aromatic nitrogens is 1. The van der Waals surface area contributed by atoms with E-state index in [1.807, 2.05) is 30.3 Å². The maximum Gasteiger partial charge on any atom is 0.408 e. The Morgan fingerprint density at radius 2 is 1.70 bits per heavy atom. The Labute approximate surface area is 243 Å². The zero-order valence-corrected chi connectivity index (χ0v) is 24.5. The van der Waals surface area contributed by atoms with E-state index in [0.717, 1.165) is 29.3 Å². The molecule has 1 fully saturated rings. The second-order valence-corrected chi connectivity index (χ2v) is 11.8. The number of hydrogen-bond acceptors (Lipinski definition) is 6. The van der Waals surface area contributed by atoms with E-state index in [0.29, 0.717) is 34.1 Å². The van der Waals surface area contributed by atoms with Crippen LogP contribution in [0.1, 0.15) is 52.0 Å². The van der Waals surface area contributed by atoms with Crippen LogP contribution < -0.4 is 10.6 Å². The van der Waals surface area contributed by atoms with E-state index in [1.54, 1.807) is 39.0 Å². The van der Waals surface area contributed by atoms with Gasteiger partial charge < -0.3 is 20.1 Å². The number of halogens is 2. The van der Waals surface area contributed by atoms with Gasteiger partial charge in [0.2, 0.25) is 5.91 Å². The quantitative estimate of drug-likeness (QED) is 0.317. The number of carbonyl (C=O) groups excluding carboxylic acids is 3. The number of nitrogens with zero attached hydrogens (tertiary/aromatic N) is 1. The number of nitrogens with one attached hydrogen (secondary N) is 2. The molecule has 1 unspecified atom stereocenters. The average Bonchev–Trinajstić information content (AvgIpc) is 3.36. The van der Waals surface area contributed by atoms with Crippen LogP contribution in [0.15, 0.2) is 48.5 Å². The lowest BCUT2D eigenvalue weighted by atomic mass is 9.95. The van der Waals surface area contributed by atoms with Gasteiger partial charge in [0, 0.05) is 17.4 Å². The molecule has 2 aromatic carbocycles. The molecule has 1 aliphatic carbocycles. The van der Waals surface area contributed by atoms with Gasteiger partial charge in [0.15, 0.2) is 0 Å². The minimum Gasteiger partial charge on any atom is -0.467 e. The molecular formula is C30H33Cl2N3O5. The number of ether oxygens (including phenoxy) is 2. The molecule has 0 radical (unpaired) electrons. The summed E-state index contributed by atoms with van der Waals surface area (Å²) in [7, 11) is 1.28. The molecule has 4 rings (SSSR count). The van der Waals surface area contributed by atoms with E-state index in [9.17, 15) is 14.4 Å². The summed E-state index contributed by atoms with van der Waals surface area (Å²) in [5.41, 5.74) is 0.968. The van der Waals surface area contributed by atoms with E-state index in [4.69, 9.17) is 37.7 Å². The second kappa shape index (κ2) is 12.0. The Kier molecular flexibility index (Phi) is 8.90. The molecule has 1 heterocycles. The molecule has 1 aromatic heterocycles. The number of esters is 1. The van der Waals surface area contributed by atoms with E-state index >= 15 is 0 Å². The summed E-state index contributed by atoms with van der Waals surface area (Å²) < 4.78 is 10.4. The van der Waals surface area contributed by atoms with Crippen LogP contribution >= 0.6 is 23.2 Å². The van der Waals surface area contributed by atoms with Gasteiger partial charge in [0.05, 0.1) is 28.4 Å².